The number of aromatic amines is 1. The first-order valence-electron chi connectivity index (χ1n) is 9.88. The molecule has 2 amide bonds. The highest BCUT2D eigenvalue weighted by Gasteiger charge is 2.46. The van der Waals surface area contributed by atoms with Gasteiger partial charge in [0, 0.05) is 35.2 Å². The van der Waals surface area contributed by atoms with Gasteiger partial charge in [-0.05, 0) is 41.7 Å². The van der Waals surface area contributed by atoms with E-state index in [1.54, 1.807) is 18.3 Å². The van der Waals surface area contributed by atoms with Crippen molar-refractivity contribution in [3.63, 3.8) is 0 Å². The van der Waals surface area contributed by atoms with E-state index >= 15 is 0 Å². The number of fused-ring (bicyclic) bond motifs is 1. The lowest BCUT2D eigenvalue weighted by molar-refractivity contribution is -0.125. The molecule has 1 fully saturated rings. The number of nitrogens with one attached hydrogen (secondary N) is 2. The molecular weight excluding hydrogens is 366 g/mol. The third-order valence-electron chi connectivity index (χ3n) is 6.39. The Morgan fingerprint density at radius 2 is 1.79 bits per heavy atom. The summed E-state index contributed by atoms with van der Waals surface area (Å²) in [5.74, 6) is -1.82. The van der Waals surface area contributed by atoms with Crippen LogP contribution in [0.3, 0.4) is 0 Å². The molecule has 6 rings (SSSR count). The quantitative estimate of drug-likeness (QED) is 0.463. The number of aromatic hydroxyl groups is 1. The molecule has 6 heteroatoms. The van der Waals surface area contributed by atoms with Gasteiger partial charge in [0.2, 0.25) is 11.8 Å². The lowest BCUT2D eigenvalue weighted by Gasteiger charge is -2.15. The van der Waals surface area contributed by atoms with E-state index in [-0.39, 0.29) is 17.6 Å². The molecule has 0 aliphatic carbocycles. The molecule has 3 N–H and O–H groups in total. The van der Waals surface area contributed by atoms with E-state index < -0.39 is 11.8 Å². The maximum absolute atomic E-state index is 12.9. The highest BCUT2D eigenvalue weighted by atomic mass is 16.3. The Labute approximate surface area is 166 Å². The maximum Gasteiger partial charge on any atom is 0.235 e. The number of amides is 2. The van der Waals surface area contributed by atoms with Gasteiger partial charge in [-0.2, -0.15) is 0 Å². The number of aromatic nitrogens is 2. The number of phenolic OH excluding ortho intramolecular Hbond substituents is 1. The van der Waals surface area contributed by atoms with Crippen LogP contribution >= 0.6 is 0 Å². The predicted molar refractivity (Wildman–Crippen MR) is 109 cm³/mol. The van der Waals surface area contributed by atoms with E-state index in [0.717, 1.165) is 35.9 Å². The molecule has 2 aromatic heterocycles. The van der Waals surface area contributed by atoms with E-state index in [0.29, 0.717) is 10.9 Å². The van der Waals surface area contributed by atoms with Crippen LogP contribution in [0.4, 0.5) is 0 Å². The van der Waals surface area contributed by atoms with Crippen molar-refractivity contribution in [2.24, 2.45) is 0 Å². The van der Waals surface area contributed by atoms with E-state index in [1.807, 2.05) is 24.4 Å². The van der Waals surface area contributed by atoms with Crippen LogP contribution in [0.1, 0.15) is 34.9 Å². The molecule has 0 bridgehead atoms. The second-order valence-electron chi connectivity index (χ2n) is 7.95. The largest absolute Gasteiger partial charge is 0.507 e. The number of nitrogens with zero attached hydrogens (tertiary/aromatic N) is 1. The van der Waals surface area contributed by atoms with Crippen molar-refractivity contribution < 1.29 is 14.7 Å². The zero-order valence-electron chi connectivity index (χ0n) is 15.6. The first kappa shape index (κ1) is 16.4. The highest BCUT2D eigenvalue weighted by molar-refractivity contribution is 6.13. The average Bonchev–Trinajstić information content (AvgIpc) is 3.37. The van der Waals surface area contributed by atoms with Gasteiger partial charge in [0.1, 0.15) is 5.75 Å². The first-order valence-corrected chi connectivity index (χ1v) is 9.88. The number of benzene rings is 2. The number of phenols is 1. The molecule has 2 aliphatic rings. The fraction of sp³-hybridized carbons (Fsp3) is 0.217. The summed E-state index contributed by atoms with van der Waals surface area (Å²) in [5.41, 5.74) is 4.72. The van der Waals surface area contributed by atoms with Crippen LogP contribution in [0.15, 0.2) is 48.8 Å². The zero-order valence-corrected chi connectivity index (χ0v) is 15.6. The minimum atomic E-state index is -0.687. The van der Waals surface area contributed by atoms with Gasteiger partial charge in [-0.1, -0.05) is 24.3 Å². The Balaban J connectivity index is 1.59. The molecule has 0 unspecified atom stereocenters. The van der Waals surface area contributed by atoms with Gasteiger partial charge >= 0.3 is 0 Å². The van der Waals surface area contributed by atoms with Crippen molar-refractivity contribution in [1.82, 2.24) is 14.9 Å². The molecule has 0 radical (unpaired) electrons. The lowest BCUT2D eigenvalue weighted by atomic mass is 9.82. The summed E-state index contributed by atoms with van der Waals surface area (Å²) in [5, 5.41) is 14.6. The molecule has 6 nitrogen and oxygen atoms in total. The van der Waals surface area contributed by atoms with Crippen molar-refractivity contribution in [2.45, 2.75) is 31.2 Å². The summed E-state index contributed by atoms with van der Waals surface area (Å²) in [7, 11) is 0. The predicted octanol–water partition coefficient (Wildman–Crippen LogP) is 3.30. The molecule has 1 saturated heterocycles. The van der Waals surface area contributed by atoms with Gasteiger partial charge < -0.3 is 14.7 Å². The minimum Gasteiger partial charge on any atom is -0.507 e. The van der Waals surface area contributed by atoms with Crippen LogP contribution in [0.5, 0.6) is 5.75 Å². The van der Waals surface area contributed by atoms with Crippen LogP contribution in [0.25, 0.3) is 21.8 Å². The lowest BCUT2D eigenvalue weighted by Crippen LogP contribution is -2.21. The minimum absolute atomic E-state index is 0.104. The Morgan fingerprint density at radius 3 is 2.66 bits per heavy atom. The smallest absolute Gasteiger partial charge is 0.235 e. The van der Waals surface area contributed by atoms with E-state index in [2.05, 4.69) is 20.9 Å². The van der Waals surface area contributed by atoms with Crippen LogP contribution in [-0.4, -0.2) is 26.5 Å². The summed E-state index contributed by atoms with van der Waals surface area (Å²) in [6, 6.07) is 11.4. The molecule has 2 atom stereocenters. The Hall–Kier alpha value is -3.54. The second-order valence-corrected chi connectivity index (χ2v) is 7.95. The van der Waals surface area contributed by atoms with Crippen LogP contribution in [0.2, 0.25) is 0 Å². The summed E-state index contributed by atoms with van der Waals surface area (Å²) < 4.78 is 2.21. The van der Waals surface area contributed by atoms with Gasteiger partial charge in [0.15, 0.2) is 0 Å². The molecule has 2 aliphatic heterocycles. The first-order chi connectivity index (χ1) is 14.1. The average molecular weight is 385 g/mol. The van der Waals surface area contributed by atoms with Crippen molar-refractivity contribution in [2.75, 3.05) is 0 Å². The summed E-state index contributed by atoms with van der Waals surface area (Å²) in [6.45, 7) is 0.911. The number of imide groups is 1. The SMILES string of the molecule is O=C1NC(=O)[C@@H](c2c[nH]c3cccc(O)c23)[C@@H]1c1cn2c3c(cccc13)CCC2. The summed E-state index contributed by atoms with van der Waals surface area (Å²) >= 11 is 0. The Bertz CT molecular complexity index is 1330. The van der Waals surface area contributed by atoms with E-state index in [9.17, 15) is 14.7 Å². The van der Waals surface area contributed by atoms with Gasteiger partial charge in [-0.25, -0.2) is 0 Å². The van der Waals surface area contributed by atoms with Crippen LogP contribution in [-0.2, 0) is 22.6 Å². The van der Waals surface area contributed by atoms with Crippen molar-refractivity contribution >= 4 is 33.6 Å². The maximum atomic E-state index is 12.9. The topological polar surface area (TPSA) is 87.1 Å². The molecule has 29 heavy (non-hydrogen) atoms. The monoisotopic (exact) mass is 385 g/mol. The third-order valence-corrected chi connectivity index (χ3v) is 6.39. The number of hydrogen-bond acceptors (Lipinski definition) is 3. The molecule has 4 heterocycles. The molecular formula is C23H19N3O3. The third kappa shape index (κ3) is 2.17. The highest BCUT2D eigenvalue weighted by Crippen LogP contribution is 2.45. The van der Waals surface area contributed by atoms with Crippen molar-refractivity contribution in [3.05, 3.63) is 65.5 Å². The Morgan fingerprint density at radius 1 is 1.00 bits per heavy atom. The number of H-pyrrole nitrogens is 1. The number of rotatable bonds is 2. The van der Waals surface area contributed by atoms with Gasteiger partial charge in [0.25, 0.3) is 0 Å². The normalized spacial score (nSPS) is 21.2. The van der Waals surface area contributed by atoms with Crippen molar-refractivity contribution in [3.8, 4) is 5.75 Å². The second kappa shape index (κ2) is 5.73. The number of para-hydroxylation sites is 1. The molecule has 0 spiro atoms. The number of hydrogen-bond donors (Lipinski definition) is 3. The van der Waals surface area contributed by atoms with E-state index in [4.69, 9.17) is 0 Å². The van der Waals surface area contributed by atoms with Gasteiger partial charge in [-0.15, -0.1) is 0 Å². The summed E-state index contributed by atoms with van der Waals surface area (Å²) in [6.07, 6.45) is 5.87. The Kier molecular flexibility index (Phi) is 3.25. The molecule has 144 valence electrons. The van der Waals surface area contributed by atoms with Gasteiger partial charge in [0.05, 0.1) is 17.4 Å². The number of carbonyl (C=O) groups is 2. The van der Waals surface area contributed by atoms with Gasteiger partial charge in [-0.3, -0.25) is 14.9 Å². The van der Waals surface area contributed by atoms with E-state index in [1.165, 1.54) is 11.1 Å². The molecule has 0 saturated carbocycles. The summed E-state index contributed by atoms with van der Waals surface area (Å²) in [4.78, 5) is 28.9. The fourth-order valence-electron chi connectivity index (χ4n) is 5.19. The van der Waals surface area contributed by atoms with Crippen LogP contribution in [0, 0.1) is 0 Å². The van der Waals surface area contributed by atoms with Crippen molar-refractivity contribution in [1.29, 1.82) is 0 Å². The molecule has 2 aromatic carbocycles. The molecule has 4 aromatic rings. The number of carbonyl (C=O) groups excluding carboxylic acids is 2. The van der Waals surface area contributed by atoms with Crippen LogP contribution < -0.4 is 5.32 Å². The number of aryl methyl sites for hydroxylation is 2. The fourth-order valence-corrected chi connectivity index (χ4v) is 5.19. The standard InChI is InChI=1S/C23H19N3O3/c27-17-8-2-7-16-18(17)14(10-24-16)19-20(23(29)25-22(19)28)15-11-26-9-3-5-12-4-1-6-13(15)21(12)26/h1-2,4,6-8,10-11,19-20,24,27H,3,5,9H2,(H,25,28,29)/t19-,20-/m0/s1. The zero-order chi connectivity index (χ0) is 19.7.